The molecule has 3 rings (SSSR count). The van der Waals surface area contributed by atoms with E-state index in [4.69, 9.17) is 0 Å². The molecule has 0 saturated carbocycles. The number of nitrogens with one attached hydrogen (secondary N) is 1. The summed E-state index contributed by atoms with van der Waals surface area (Å²) in [5, 5.41) is 2.99. The van der Waals surface area contributed by atoms with E-state index in [1.54, 1.807) is 0 Å². The Morgan fingerprint density at radius 1 is 0.806 bits per heavy atom. The zero-order chi connectivity index (χ0) is 26.0. The maximum absolute atomic E-state index is 13.5. The van der Waals surface area contributed by atoms with Gasteiger partial charge in [0.25, 0.3) is 0 Å². The largest absolute Gasteiger partial charge is 0.354 e. The monoisotopic (exact) mass is 507 g/mol. The van der Waals surface area contributed by atoms with Crippen molar-refractivity contribution in [3.63, 3.8) is 0 Å². The number of carbonyl (C=O) groups is 2. The van der Waals surface area contributed by atoms with Crippen LogP contribution in [0.1, 0.15) is 16.7 Å². The Kier molecular flexibility index (Phi) is 9.78. The molecule has 0 bridgehead atoms. The van der Waals surface area contributed by atoms with Gasteiger partial charge in [0.2, 0.25) is 21.8 Å². The highest BCUT2D eigenvalue weighted by molar-refractivity contribution is 7.88. The third-order valence-electron chi connectivity index (χ3n) is 5.95. The van der Waals surface area contributed by atoms with Crippen molar-refractivity contribution in [1.82, 2.24) is 14.5 Å². The Labute approximate surface area is 213 Å². The van der Waals surface area contributed by atoms with E-state index in [-0.39, 0.29) is 19.0 Å². The second-order valence-electron chi connectivity index (χ2n) is 8.76. The van der Waals surface area contributed by atoms with Gasteiger partial charge in [0.05, 0.1) is 12.8 Å². The second kappa shape index (κ2) is 13.0. The smallest absolute Gasteiger partial charge is 0.243 e. The number of benzene rings is 3. The van der Waals surface area contributed by atoms with Crippen molar-refractivity contribution in [2.45, 2.75) is 25.4 Å². The maximum Gasteiger partial charge on any atom is 0.243 e. The van der Waals surface area contributed by atoms with Crippen molar-refractivity contribution in [3.8, 4) is 0 Å². The molecule has 0 aliphatic heterocycles. The molecule has 0 saturated heterocycles. The second-order valence-corrected chi connectivity index (χ2v) is 10.8. The first-order chi connectivity index (χ1) is 17.2. The summed E-state index contributed by atoms with van der Waals surface area (Å²) < 4.78 is 25.0. The molecule has 2 amide bonds. The van der Waals surface area contributed by atoms with Gasteiger partial charge in [0, 0.05) is 26.6 Å². The Balaban J connectivity index is 1.87. The summed E-state index contributed by atoms with van der Waals surface area (Å²) in [6.07, 6.45) is 2.02. The summed E-state index contributed by atoms with van der Waals surface area (Å²) in [7, 11) is -2.21. The van der Waals surface area contributed by atoms with E-state index in [2.05, 4.69) is 5.32 Å². The summed E-state index contributed by atoms with van der Waals surface area (Å²) in [6, 6.07) is 27.9. The quantitative estimate of drug-likeness (QED) is 0.409. The van der Waals surface area contributed by atoms with Crippen LogP contribution >= 0.6 is 0 Å². The molecule has 0 unspecified atom stereocenters. The molecule has 8 heteroatoms. The molecule has 0 radical (unpaired) electrons. The number of hydrogen-bond acceptors (Lipinski definition) is 4. The topological polar surface area (TPSA) is 86.8 Å². The van der Waals surface area contributed by atoms with Crippen LogP contribution in [-0.2, 0) is 39.0 Å². The van der Waals surface area contributed by atoms with Gasteiger partial charge in [-0.25, -0.2) is 8.42 Å². The molecule has 36 heavy (non-hydrogen) atoms. The third kappa shape index (κ3) is 8.32. The molecular formula is C28H33N3O4S. The minimum Gasteiger partial charge on any atom is -0.354 e. The van der Waals surface area contributed by atoms with E-state index in [1.165, 1.54) is 11.9 Å². The molecule has 0 spiro atoms. The summed E-state index contributed by atoms with van der Waals surface area (Å²) >= 11 is 0. The fourth-order valence-electron chi connectivity index (χ4n) is 3.83. The van der Waals surface area contributed by atoms with Crippen molar-refractivity contribution >= 4 is 21.8 Å². The molecule has 190 valence electrons. The molecule has 0 heterocycles. The highest BCUT2D eigenvalue weighted by atomic mass is 32.2. The molecule has 0 fully saturated rings. The number of hydrogen-bond donors (Lipinski definition) is 1. The lowest BCUT2D eigenvalue weighted by Crippen LogP contribution is -2.53. The van der Waals surface area contributed by atoms with E-state index in [0.717, 1.165) is 27.3 Å². The highest BCUT2D eigenvalue weighted by Crippen LogP contribution is 2.15. The van der Waals surface area contributed by atoms with Crippen LogP contribution < -0.4 is 5.32 Å². The molecule has 0 aliphatic carbocycles. The predicted molar refractivity (Wildman–Crippen MR) is 142 cm³/mol. The van der Waals surface area contributed by atoms with Crippen LogP contribution in [0.5, 0.6) is 0 Å². The third-order valence-corrected chi connectivity index (χ3v) is 7.21. The number of nitrogens with zero attached hydrogens (tertiary/aromatic N) is 2. The SMILES string of the molecule is CN(CC(=O)N(Cc1ccccc1)[C@H](Cc1ccccc1)C(=O)NCCc1ccccc1)S(C)(=O)=O. The van der Waals surface area contributed by atoms with Gasteiger partial charge in [-0.15, -0.1) is 0 Å². The zero-order valence-corrected chi connectivity index (χ0v) is 21.5. The first-order valence-electron chi connectivity index (χ1n) is 11.8. The number of rotatable bonds is 12. The fourth-order valence-corrected chi connectivity index (χ4v) is 4.17. The van der Waals surface area contributed by atoms with Crippen LogP contribution in [0.2, 0.25) is 0 Å². The van der Waals surface area contributed by atoms with Gasteiger partial charge in [-0.1, -0.05) is 91.0 Å². The number of likely N-dealkylation sites (N-methyl/N-ethyl adjacent to an activating group) is 1. The zero-order valence-electron chi connectivity index (χ0n) is 20.7. The Morgan fingerprint density at radius 2 is 1.31 bits per heavy atom. The van der Waals surface area contributed by atoms with Gasteiger partial charge in [0.15, 0.2) is 0 Å². The van der Waals surface area contributed by atoms with Crippen molar-refractivity contribution in [2.75, 3.05) is 26.4 Å². The summed E-state index contributed by atoms with van der Waals surface area (Å²) in [5.41, 5.74) is 2.86. The average Bonchev–Trinajstić information content (AvgIpc) is 2.87. The summed E-state index contributed by atoms with van der Waals surface area (Å²) in [6.45, 7) is 0.250. The molecule has 3 aromatic carbocycles. The van der Waals surface area contributed by atoms with Gasteiger partial charge in [0.1, 0.15) is 6.04 Å². The Hall–Kier alpha value is -3.49. The molecule has 0 aliphatic rings. The van der Waals surface area contributed by atoms with Gasteiger partial charge >= 0.3 is 0 Å². The van der Waals surface area contributed by atoms with Crippen molar-refractivity contribution in [3.05, 3.63) is 108 Å². The highest BCUT2D eigenvalue weighted by Gasteiger charge is 2.31. The van der Waals surface area contributed by atoms with E-state index < -0.39 is 22.0 Å². The predicted octanol–water partition coefficient (Wildman–Crippen LogP) is 2.88. The Morgan fingerprint density at radius 3 is 1.83 bits per heavy atom. The van der Waals surface area contributed by atoms with E-state index >= 15 is 0 Å². The van der Waals surface area contributed by atoms with E-state index in [0.29, 0.717) is 19.4 Å². The lowest BCUT2D eigenvalue weighted by Gasteiger charge is -2.32. The summed E-state index contributed by atoms with van der Waals surface area (Å²) in [5.74, 6) is -0.716. The van der Waals surface area contributed by atoms with Gasteiger partial charge in [-0.3, -0.25) is 9.59 Å². The van der Waals surface area contributed by atoms with E-state index in [1.807, 2.05) is 91.0 Å². The molecule has 3 aromatic rings. The van der Waals surface area contributed by atoms with Crippen LogP contribution in [0.4, 0.5) is 0 Å². The molecule has 1 N–H and O–H groups in total. The van der Waals surface area contributed by atoms with Crippen LogP contribution in [0.3, 0.4) is 0 Å². The molecule has 0 aromatic heterocycles. The van der Waals surface area contributed by atoms with Crippen molar-refractivity contribution in [2.24, 2.45) is 0 Å². The van der Waals surface area contributed by atoms with E-state index in [9.17, 15) is 18.0 Å². The minimum atomic E-state index is -3.57. The van der Waals surface area contributed by atoms with Crippen LogP contribution in [0.25, 0.3) is 0 Å². The fraction of sp³-hybridized carbons (Fsp3) is 0.286. The standard InChI is InChI=1S/C28H33N3O4S/c1-30(36(2,34)35)22-27(32)31(21-25-16-10-5-11-17-25)26(20-24-14-8-4-9-15-24)28(33)29-19-18-23-12-6-3-7-13-23/h3-17,26H,18-22H2,1-2H3,(H,29,33)/t26-/m1/s1. The first-order valence-corrected chi connectivity index (χ1v) is 13.7. The summed E-state index contributed by atoms with van der Waals surface area (Å²) in [4.78, 5) is 28.5. The molecule has 7 nitrogen and oxygen atoms in total. The lowest BCUT2D eigenvalue weighted by molar-refractivity contribution is -0.141. The number of amides is 2. The molecule has 1 atom stereocenters. The van der Waals surface area contributed by atoms with Crippen LogP contribution in [-0.4, -0.2) is 61.9 Å². The maximum atomic E-state index is 13.5. The lowest BCUT2D eigenvalue weighted by atomic mass is 10.0. The van der Waals surface area contributed by atoms with Gasteiger partial charge in [-0.05, 0) is 23.1 Å². The van der Waals surface area contributed by atoms with Crippen LogP contribution in [0, 0.1) is 0 Å². The van der Waals surface area contributed by atoms with Crippen molar-refractivity contribution in [1.29, 1.82) is 0 Å². The molecular weight excluding hydrogens is 474 g/mol. The first kappa shape index (κ1) is 27.1. The van der Waals surface area contributed by atoms with Gasteiger partial charge in [-0.2, -0.15) is 4.31 Å². The average molecular weight is 508 g/mol. The normalized spacial score (nSPS) is 12.2. The minimum absolute atomic E-state index is 0.181. The number of carbonyl (C=O) groups excluding carboxylic acids is 2. The van der Waals surface area contributed by atoms with Gasteiger partial charge < -0.3 is 10.2 Å². The number of sulfonamides is 1. The Bertz CT molecular complexity index is 1220. The van der Waals surface area contributed by atoms with Crippen LogP contribution in [0.15, 0.2) is 91.0 Å². The van der Waals surface area contributed by atoms with Crippen molar-refractivity contribution < 1.29 is 18.0 Å².